The summed E-state index contributed by atoms with van der Waals surface area (Å²) in [6.45, 7) is 0. The van der Waals surface area contributed by atoms with Crippen LogP contribution in [0.1, 0.15) is 38.5 Å². The first-order chi connectivity index (χ1) is 8.06. The van der Waals surface area contributed by atoms with E-state index in [1.54, 1.807) is 0 Å². The molecule has 0 aromatic heterocycles. The van der Waals surface area contributed by atoms with Crippen LogP contribution in [0.25, 0.3) is 0 Å². The van der Waals surface area contributed by atoms with Gasteiger partial charge >= 0.3 is 0 Å². The van der Waals surface area contributed by atoms with Gasteiger partial charge < -0.3 is 16.0 Å². The number of hydrogen-bond donors (Lipinski definition) is 2. The normalized spacial score (nSPS) is 33.1. The zero-order valence-corrected chi connectivity index (χ0v) is 11.1. The molecule has 0 spiro atoms. The second-order valence-electron chi connectivity index (χ2n) is 5.28. The Balaban J connectivity index is 1.87. The maximum absolute atomic E-state index is 11.6. The lowest BCUT2D eigenvalue weighted by atomic mass is 9.82. The van der Waals surface area contributed by atoms with Crippen molar-refractivity contribution in [2.24, 2.45) is 5.73 Å². The van der Waals surface area contributed by atoms with Crippen LogP contribution in [0.2, 0.25) is 0 Å². The average Bonchev–Trinajstić information content (AvgIpc) is 2.18. The number of nitrogens with zero attached hydrogens (tertiary/aromatic N) is 1. The lowest BCUT2D eigenvalue weighted by molar-refractivity contribution is -0.121. The van der Waals surface area contributed by atoms with Gasteiger partial charge in [-0.05, 0) is 32.7 Å². The SMILES string of the molecule is CN1C2CCCC1CC(NC(=O)CC(N)=S)C2. The number of fused-ring (bicyclic) bond motifs is 2. The van der Waals surface area contributed by atoms with Gasteiger partial charge in [-0.3, -0.25) is 4.79 Å². The minimum Gasteiger partial charge on any atom is -0.393 e. The molecule has 2 rings (SSSR count). The van der Waals surface area contributed by atoms with Crippen LogP contribution in [0.4, 0.5) is 0 Å². The third-order valence-electron chi connectivity index (χ3n) is 4.04. The smallest absolute Gasteiger partial charge is 0.227 e. The van der Waals surface area contributed by atoms with E-state index >= 15 is 0 Å². The second kappa shape index (κ2) is 5.31. The Labute approximate surface area is 108 Å². The van der Waals surface area contributed by atoms with Crippen LogP contribution in [0.3, 0.4) is 0 Å². The van der Waals surface area contributed by atoms with Crippen molar-refractivity contribution >= 4 is 23.1 Å². The van der Waals surface area contributed by atoms with Crippen molar-refractivity contribution in [3.8, 4) is 0 Å². The Kier molecular flexibility index (Phi) is 3.99. The Hall–Kier alpha value is -0.680. The van der Waals surface area contributed by atoms with Gasteiger partial charge in [0, 0.05) is 18.1 Å². The molecule has 5 heteroatoms. The molecule has 0 aromatic carbocycles. The molecular formula is C12H21N3OS. The van der Waals surface area contributed by atoms with Gasteiger partial charge in [-0.1, -0.05) is 18.6 Å². The first kappa shape index (κ1) is 12.8. The van der Waals surface area contributed by atoms with E-state index in [9.17, 15) is 4.79 Å². The van der Waals surface area contributed by atoms with Gasteiger partial charge in [0.05, 0.1) is 11.4 Å². The van der Waals surface area contributed by atoms with Crippen LogP contribution < -0.4 is 11.1 Å². The first-order valence-corrected chi connectivity index (χ1v) is 6.76. The molecule has 2 aliphatic rings. The van der Waals surface area contributed by atoms with Crippen molar-refractivity contribution in [1.82, 2.24) is 10.2 Å². The van der Waals surface area contributed by atoms with Gasteiger partial charge in [0.25, 0.3) is 0 Å². The standard InChI is InChI=1S/C12H21N3OS/c1-15-9-3-2-4-10(15)6-8(5-9)14-12(16)7-11(13)17/h8-10H,2-7H2,1H3,(H2,13,17)(H,14,16). The third-order valence-corrected chi connectivity index (χ3v) is 4.18. The summed E-state index contributed by atoms with van der Waals surface area (Å²) in [7, 11) is 2.21. The molecule has 1 amide bonds. The van der Waals surface area contributed by atoms with E-state index in [4.69, 9.17) is 18.0 Å². The fourth-order valence-corrected chi connectivity index (χ4v) is 3.30. The summed E-state index contributed by atoms with van der Waals surface area (Å²) in [4.78, 5) is 14.4. The van der Waals surface area contributed by atoms with Crippen LogP contribution in [-0.2, 0) is 4.79 Å². The van der Waals surface area contributed by atoms with Gasteiger partial charge in [-0.25, -0.2) is 0 Å². The molecule has 2 saturated heterocycles. The van der Waals surface area contributed by atoms with Gasteiger partial charge in [-0.2, -0.15) is 0 Å². The highest BCUT2D eigenvalue weighted by atomic mass is 32.1. The summed E-state index contributed by atoms with van der Waals surface area (Å²) in [6.07, 6.45) is 6.15. The molecule has 0 saturated carbocycles. The van der Waals surface area contributed by atoms with Crippen molar-refractivity contribution in [2.75, 3.05) is 7.05 Å². The van der Waals surface area contributed by atoms with E-state index in [2.05, 4.69) is 17.3 Å². The quantitative estimate of drug-likeness (QED) is 0.732. The van der Waals surface area contributed by atoms with E-state index in [1.807, 2.05) is 0 Å². The Morgan fingerprint density at radius 1 is 1.41 bits per heavy atom. The number of thiocarbonyl (C=S) groups is 1. The molecular weight excluding hydrogens is 234 g/mol. The van der Waals surface area contributed by atoms with Crippen molar-refractivity contribution in [2.45, 2.75) is 56.7 Å². The van der Waals surface area contributed by atoms with Gasteiger partial charge in [0.1, 0.15) is 0 Å². The zero-order chi connectivity index (χ0) is 12.4. The number of piperidine rings is 2. The fourth-order valence-electron chi connectivity index (χ4n) is 3.17. The minimum absolute atomic E-state index is 0.0230. The monoisotopic (exact) mass is 255 g/mol. The summed E-state index contributed by atoms with van der Waals surface area (Å²) in [6, 6.07) is 1.58. The largest absolute Gasteiger partial charge is 0.393 e. The molecule has 2 unspecified atom stereocenters. The molecule has 2 heterocycles. The van der Waals surface area contributed by atoms with Gasteiger partial charge in [0.2, 0.25) is 5.91 Å². The molecule has 0 aliphatic carbocycles. The van der Waals surface area contributed by atoms with Crippen LogP contribution in [0, 0.1) is 0 Å². The Morgan fingerprint density at radius 2 is 2.00 bits per heavy atom. The van der Waals surface area contributed by atoms with Crippen LogP contribution in [0.15, 0.2) is 0 Å². The summed E-state index contributed by atoms with van der Waals surface area (Å²) in [5.41, 5.74) is 5.37. The molecule has 96 valence electrons. The summed E-state index contributed by atoms with van der Waals surface area (Å²) >= 11 is 4.75. The summed E-state index contributed by atoms with van der Waals surface area (Å²) in [5, 5.41) is 3.07. The molecule has 3 N–H and O–H groups in total. The van der Waals surface area contributed by atoms with E-state index in [0.29, 0.717) is 18.1 Å². The average molecular weight is 255 g/mol. The maximum Gasteiger partial charge on any atom is 0.227 e. The van der Waals surface area contributed by atoms with E-state index < -0.39 is 0 Å². The number of nitrogens with two attached hydrogens (primary N) is 1. The molecule has 4 nitrogen and oxygen atoms in total. The van der Waals surface area contributed by atoms with Gasteiger partial charge in [-0.15, -0.1) is 0 Å². The molecule has 0 aromatic rings. The predicted octanol–water partition coefficient (Wildman–Crippen LogP) is 0.794. The zero-order valence-electron chi connectivity index (χ0n) is 10.3. The summed E-state index contributed by atoms with van der Waals surface area (Å²) < 4.78 is 0. The highest BCUT2D eigenvalue weighted by molar-refractivity contribution is 7.80. The number of carbonyl (C=O) groups is 1. The van der Waals surface area contributed by atoms with Crippen LogP contribution >= 0.6 is 12.2 Å². The van der Waals surface area contributed by atoms with Crippen molar-refractivity contribution < 1.29 is 4.79 Å². The minimum atomic E-state index is -0.0230. The van der Waals surface area contributed by atoms with Crippen LogP contribution in [-0.4, -0.2) is 41.0 Å². The molecule has 17 heavy (non-hydrogen) atoms. The lowest BCUT2D eigenvalue weighted by Crippen LogP contribution is -2.55. The fraction of sp³-hybridized carbons (Fsp3) is 0.833. The van der Waals surface area contributed by atoms with Gasteiger partial charge in [0.15, 0.2) is 0 Å². The molecule has 2 bridgehead atoms. The highest BCUT2D eigenvalue weighted by Crippen LogP contribution is 2.32. The molecule has 2 aliphatic heterocycles. The summed E-state index contributed by atoms with van der Waals surface area (Å²) in [5.74, 6) is -0.0230. The van der Waals surface area contributed by atoms with Crippen molar-refractivity contribution in [3.05, 3.63) is 0 Å². The van der Waals surface area contributed by atoms with E-state index in [0.717, 1.165) is 12.8 Å². The third kappa shape index (κ3) is 3.16. The van der Waals surface area contributed by atoms with Crippen LogP contribution in [0.5, 0.6) is 0 Å². The lowest BCUT2D eigenvalue weighted by Gasteiger charge is -2.47. The second-order valence-corrected chi connectivity index (χ2v) is 5.81. The number of amides is 1. The molecule has 2 atom stereocenters. The molecule has 2 fully saturated rings. The molecule has 0 radical (unpaired) electrons. The number of rotatable bonds is 3. The Morgan fingerprint density at radius 3 is 2.53 bits per heavy atom. The predicted molar refractivity (Wildman–Crippen MR) is 71.8 cm³/mol. The van der Waals surface area contributed by atoms with E-state index in [1.165, 1.54) is 19.3 Å². The Bertz CT molecular complexity index is 307. The van der Waals surface area contributed by atoms with E-state index in [-0.39, 0.29) is 17.3 Å². The van der Waals surface area contributed by atoms with Crippen molar-refractivity contribution in [3.63, 3.8) is 0 Å². The first-order valence-electron chi connectivity index (χ1n) is 6.36. The highest BCUT2D eigenvalue weighted by Gasteiger charge is 2.36. The maximum atomic E-state index is 11.6. The van der Waals surface area contributed by atoms with Crippen molar-refractivity contribution in [1.29, 1.82) is 0 Å². The number of nitrogens with one attached hydrogen (secondary N) is 1. The number of carbonyl (C=O) groups excluding carboxylic acids is 1. The topological polar surface area (TPSA) is 58.4 Å². The number of hydrogen-bond acceptors (Lipinski definition) is 3.